The molecule has 0 atom stereocenters. The van der Waals surface area contributed by atoms with Crippen LogP contribution in [-0.2, 0) is 0 Å². The van der Waals surface area contributed by atoms with E-state index in [-0.39, 0.29) is 5.43 Å². The molecule has 1 heterocycles. The summed E-state index contributed by atoms with van der Waals surface area (Å²) in [7, 11) is 0. The predicted molar refractivity (Wildman–Crippen MR) is 62.0 cm³/mol. The van der Waals surface area contributed by atoms with Crippen LogP contribution in [0.3, 0.4) is 0 Å². The molecule has 0 unspecified atom stereocenters. The van der Waals surface area contributed by atoms with Crippen LogP contribution in [0.1, 0.15) is 5.56 Å². The fourth-order valence-corrected chi connectivity index (χ4v) is 2.11. The van der Waals surface area contributed by atoms with Crippen molar-refractivity contribution in [2.45, 2.75) is 6.92 Å². The Morgan fingerprint density at radius 2 is 2.08 bits per heavy atom. The number of fused-ring (bicyclic) bond motifs is 1. The SMILES string of the molecule is Cc1ccc(I)c2c(=O)cc[nH]c12. The van der Waals surface area contributed by atoms with Gasteiger partial charge in [-0.15, -0.1) is 0 Å². The predicted octanol–water partition coefficient (Wildman–Crippen LogP) is 2.44. The molecule has 0 saturated carbocycles. The first kappa shape index (κ1) is 8.74. The highest BCUT2D eigenvalue weighted by Gasteiger charge is 2.03. The number of H-pyrrole nitrogens is 1. The summed E-state index contributed by atoms with van der Waals surface area (Å²) >= 11 is 2.18. The minimum absolute atomic E-state index is 0.0850. The summed E-state index contributed by atoms with van der Waals surface area (Å²) in [4.78, 5) is 14.6. The van der Waals surface area contributed by atoms with Crippen LogP contribution in [0.4, 0.5) is 0 Å². The minimum atomic E-state index is 0.0850. The molecule has 1 aromatic heterocycles. The molecule has 0 aliphatic rings. The zero-order valence-corrected chi connectivity index (χ0v) is 9.25. The number of aryl methyl sites for hydroxylation is 1. The van der Waals surface area contributed by atoms with Gasteiger partial charge in [-0.3, -0.25) is 4.79 Å². The first-order chi connectivity index (χ1) is 6.20. The third kappa shape index (κ3) is 1.37. The molecule has 0 aliphatic carbocycles. The lowest BCUT2D eigenvalue weighted by atomic mass is 10.1. The number of hydrogen-bond acceptors (Lipinski definition) is 1. The van der Waals surface area contributed by atoms with Gasteiger partial charge in [0.15, 0.2) is 5.43 Å². The monoisotopic (exact) mass is 285 g/mol. The molecule has 0 spiro atoms. The zero-order valence-electron chi connectivity index (χ0n) is 7.10. The second kappa shape index (κ2) is 3.14. The zero-order chi connectivity index (χ0) is 9.42. The van der Waals surface area contributed by atoms with Crippen LogP contribution >= 0.6 is 22.6 Å². The number of aromatic amines is 1. The first-order valence-corrected chi connectivity index (χ1v) is 5.04. The summed E-state index contributed by atoms with van der Waals surface area (Å²) in [5, 5.41) is 0.795. The Kier molecular flexibility index (Phi) is 2.11. The van der Waals surface area contributed by atoms with Gasteiger partial charge in [0.2, 0.25) is 0 Å². The highest BCUT2D eigenvalue weighted by molar-refractivity contribution is 14.1. The molecule has 0 bridgehead atoms. The summed E-state index contributed by atoms with van der Waals surface area (Å²) in [5.74, 6) is 0. The average molecular weight is 285 g/mol. The van der Waals surface area contributed by atoms with E-state index in [1.165, 1.54) is 0 Å². The Labute approximate surface area is 89.1 Å². The lowest BCUT2D eigenvalue weighted by Crippen LogP contribution is -2.02. The number of aromatic nitrogens is 1. The smallest absolute Gasteiger partial charge is 0.190 e. The van der Waals surface area contributed by atoms with E-state index in [2.05, 4.69) is 27.6 Å². The minimum Gasteiger partial charge on any atom is -0.361 e. The number of hydrogen-bond donors (Lipinski definition) is 1. The van der Waals surface area contributed by atoms with Gasteiger partial charge in [-0.1, -0.05) is 6.07 Å². The molecule has 0 saturated heterocycles. The van der Waals surface area contributed by atoms with Crippen molar-refractivity contribution < 1.29 is 0 Å². The van der Waals surface area contributed by atoms with Gasteiger partial charge in [0, 0.05) is 15.8 Å². The lowest BCUT2D eigenvalue weighted by Gasteiger charge is -2.02. The van der Waals surface area contributed by atoms with Crippen molar-refractivity contribution in [3.05, 3.63) is 43.8 Å². The Hall–Kier alpha value is -0.840. The molecule has 2 aromatic rings. The highest BCUT2D eigenvalue weighted by Crippen LogP contribution is 2.18. The molecule has 0 aliphatic heterocycles. The van der Waals surface area contributed by atoms with E-state index in [4.69, 9.17) is 0 Å². The molecule has 0 fully saturated rings. The maximum Gasteiger partial charge on any atom is 0.190 e. The van der Waals surface area contributed by atoms with Gasteiger partial charge in [0.25, 0.3) is 0 Å². The van der Waals surface area contributed by atoms with E-state index in [9.17, 15) is 4.79 Å². The molecule has 1 N–H and O–H groups in total. The largest absolute Gasteiger partial charge is 0.361 e. The third-order valence-corrected chi connectivity index (χ3v) is 2.97. The molecule has 1 aromatic carbocycles. The molecule has 0 amide bonds. The van der Waals surface area contributed by atoms with Crippen LogP contribution in [0.15, 0.2) is 29.2 Å². The second-order valence-electron chi connectivity index (χ2n) is 2.96. The van der Waals surface area contributed by atoms with E-state index in [0.29, 0.717) is 0 Å². The first-order valence-electron chi connectivity index (χ1n) is 3.96. The molecule has 13 heavy (non-hydrogen) atoms. The van der Waals surface area contributed by atoms with E-state index in [1.807, 2.05) is 19.1 Å². The highest BCUT2D eigenvalue weighted by atomic mass is 127. The second-order valence-corrected chi connectivity index (χ2v) is 4.12. The number of halogens is 1. The number of benzene rings is 1. The van der Waals surface area contributed by atoms with Crippen molar-refractivity contribution in [2.24, 2.45) is 0 Å². The quantitative estimate of drug-likeness (QED) is 0.741. The van der Waals surface area contributed by atoms with Crippen molar-refractivity contribution in [1.82, 2.24) is 4.98 Å². The van der Waals surface area contributed by atoms with Crippen molar-refractivity contribution >= 4 is 33.5 Å². The summed E-state index contributed by atoms with van der Waals surface area (Å²) in [6.07, 6.45) is 1.69. The number of pyridine rings is 1. The Balaban J connectivity index is 3.09. The van der Waals surface area contributed by atoms with Gasteiger partial charge in [-0.05, 0) is 41.1 Å². The number of nitrogens with one attached hydrogen (secondary N) is 1. The van der Waals surface area contributed by atoms with Crippen LogP contribution in [0, 0.1) is 10.5 Å². The molecular formula is C10H8INO. The van der Waals surface area contributed by atoms with Crippen molar-refractivity contribution in [1.29, 1.82) is 0 Å². The standard InChI is InChI=1S/C10H8INO/c1-6-2-3-7(11)9-8(13)4-5-12-10(6)9/h2-5H,1H3,(H,12,13). The fraction of sp³-hybridized carbons (Fsp3) is 0.100. The molecule has 66 valence electrons. The Morgan fingerprint density at radius 3 is 2.77 bits per heavy atom. The Bertz CT molecular complexity index is 516. The van der Waals surface area contributed by atoms with Crippen LogP contribution in [0.2, 0.25) is 0 Å². The molecule has 3 heteroatoms. The maximum absolute atomic E-state index is 11.5. The summed E-state index contributed by atoms with van der Waals surface area (Å²) < 4.78 is 1.00. The van der Waals surface area contributed by atoms with Gasteiger partial charge in [0.05, 0.1) is 10.9 Å². The van der Waals surface area contributed by atoms with Gasteiger partial charge in [-0.2, -0.15) is 0 Å². The normalized spacial score (nSPS) is 10.6. The summed E-state index contributed by atoms with van der Waals surface area (Å²) in [6, 6.07) is 5.54. The van der Waals surface area contributed by atoms with E-state index in [0.717, 1.165) is 20.0 Å². The lowest BCUT2D eigenvalue weighted by molar-refractivity contribution is 1.34. The van der Waals surface area contributed by atoms with Gasteiger partial charge >= 0.3 is 0 Å². The number of rotatable bonds is 0. The van der Waals surface area contributed by atoms with Crippen LogP contribution in [-0.4, -0.2) is 4.98 Å². The van der Waals surface area contributed by atoms with Crippen molar-refractivity contribution in [3.63, 3.8) is 0 Å². The molecular weight excluding hydrogens is 277 g/mol. The fourth-order valence-electron chi connectivity index (χ4n) is 1.39. The van der Waals surface area contributed by atoms with Crippen molar-refractivity contribution in [2.75, 3.05) is 0 Å². The van der Waals surface area contributed by atoms with Crippen molar-refractivity contribution in [3.8, 4) is 0 Å². The van der Waals surface area contributed by atoms with Crippen LogP contribution in [0.25, 0.3) is 10.9 Å². The van der Waals surface area contributed by atoms with Gasteiger partial charge in [0.1, 0.15) is 0 Å². The van der Waals surface area contributed by atoms with E-state index in [1.54, 1.807) is 12.3 Å². The van der Waals surface area contributed by atoms with E-state index >= 15 is 0 Å². The molecule has 2 nitrogen and oxygen atoms in total. The summed E-state index contributed by atoms with van der Waals surface area (Å²) in [6.45, 7) is 1.99. The van der Waals surface area contributed by atoms with E-state index < -0.39 is 0 Å². The Morgan fingerprint density at radius 1 is 1.31 bits per heavy atom. The average Bonchev–Trinajstić information content (AvgIpc) is 2.12. The molecule has 0 radical (unpaired) electrons. The topological polar surface area (TPSA) is 32.9 Å². The van der Waals surface area contributed by atoms with Crippen LogP contribution in [0.5, 0.6) is 0 Å². The summed E-state index contributed by atoms with van der Waals surface area (Å²) in [5.41, 5.74) is 2.13. The van der Waals surface area contributed by atoms with Gasteiger partial charge in [-0.25, -0.2) is 0 Å². The maximum atomic E-state index is 11.5. The van der Waals surface area contributed by atoms with Gasteiger partial charge < -0.3 is 4.98 Å². The van der Waals surface area contributed by atoms with Crippen LogP contribution < -0.4 is 5.43 Å². The third-order valence-electron chi connectivity index (χ3n) is 2.07. The molecule has 2 rings (SSSR count).